The van der Waals surface area contributed by atoms with Crippen LogP contribution < -0.4 is 10.6 Å². The first-order valence-corrected chi connectivity index (χ1v) is 12.5. The Balaban J connectivity index is 1.72. The molecule has 3 amide bonds. The summed E-state index contributed by atoms with van der Waals surface area (Å²) in [7, 11) is 0. The number of anilines is 1. The number of ether oxygens (including phenoxy) is 1. The number of esters is 1. The van der Waals surface area contributed by atoms with Gasteiger partial charge >= 0.3 is 12.0 Å². The summed E-state index contributed by atoms with van der Waals surface area (Å²) < 4.78 is 5.45. The number of urea groups is 1. The molecule has 1 fully saturated rings. The highest BCUT2D eigenvalue weighted by atomic mass is 16.5. The van der Waals surface area contributed by atoms with E-state index in [1.165, 1.54) is 0 Å². The van der Waals surface area contributed by atoms with Gasteiger partial charge in [0.25, 0.3) is 0 Å². The van der Waals surface area contributed by atoms with Crippen LogP contribution in [-0.4, -0.2) is 36.0 Å². The summed E-state index contributed by atoms with van der Waals surface area (Å²) in [5.41, 5.74) is 3.19. The number of nitrogens with zero attached hydrogens (tertiary/aromatic N) is 1. The number of hydrogen-bond acceptors (Lipinski definition) is 4. The van der Waals surface area contributed by atoms with Gasteiger partial charge in [0.05, 0.1) is 23.9 Å². The predicted octanol–water partition coefficient (Wildman–Crippen LogP) is 5.27. The second kappa shape index (κ2) is 11.2. The lowest BCUT2D eigenvalue weighted by molar-refractivity contribution is -0.139. The summed E-state index contributed by atoms with van der Waals surface area (Å²) in [6, 6.07) is 15.8. The molecule has 1 aliphatic heterocycles. The lowest BCUT2D eigenvalue weighted by Gasteiger charge is -2.36. The molecular weight excluding hydrogens is 442 g/mol. The maximum Gasteiger partial charge on any atom is 0.338 e. The maximum atomic E-state index is 13.3. The minimum atomic E-state index is -0.676. The molecular formula is C28H33N3O4. The molecule has 7 heteroatoms. The molecule has 0 saturated heterocycles. The maximum absolute atomic E-state index is 13.3. The Bertz CT molecular complexity index is 1090. The molecule has 0 bridgehead atoms. The molecule has 1 unspecified atom stereocenters. The van der Waals surface area contributed by atoms with Gasteiger partial charge in [-0.15, -0.1) is 0 Å². The number of amides is 3. The van der Waals surface area contributed by atoms with Gasteiger partial charge < -0.3 is 15.4 Å². The van der Waals surface area contributed by atoms with Crippen molar-refractivity contribution in [1.82, 2.24) is 10.2 Å². The minimum Gasteiger partial charge on any atom is -0.463 e. The summed E-state index contributed by atoms with van der Waals surface area (Å²) in [6.07, 6.45) is 4.80. The molecule has 7 nitrogen and oxygen atoms in total. The van der Waals surface area contributed by atoms with Crippen molar-refractivity contribution in [3.05, 3.63) is 71.3 Å². The molecule has 2 aromatic rings. The van der Waals surface area contributed by atoms with Gasteiger partial charge in [-0.05, 0) is 49.4 Å². The fourth-order valence-electron chi connectivity index (χ4n) is 4.87. The molecule has 4 rings (SSSR count). The third-order valence-corrected chi connectivity index (χ3v) is 6.55. The zero-order valence-electron chi connectivity index (χ0n) is 20.4. The van der Waals surface area contributed by atoms with Gasteiger partial charge in [-0.3, -0.25) is 9.69 Å². The molecule has 1 saturated carbocycles. The Morgan fingerprint density at radius 2 is 1.71 bits per heavy atom. The number of hydrogen-bond donors (Lipinski definition) is 2. The number of benzene rings is 2. The van der Waals surface area contributed by atoms with Crippen molar-refractivity contribution in [3.63, 3.8) is 0 Å². The number of nitrogens with one attached hydrogen (secondary N) is 2. The third-order valence-electron chi connectivity index (χ3n) is 6.55. The Morgan fingerprint density at radius 1 is 1.03 bits per heavy atom. The van der Waals surface area contributed by atoms with Crippen LogP contribution >= 0.6 is 0 Å². The van der Waals surface area contributed by atoms with Crippen LogP contribution in [0.25, 0.3) is 5.70 Å². The Labute approximate surface area is 206 Å². The Morgan fingerprint density at radius 3 is 2.34 bits per heavy atom. The number of carbonyl (C=O) groups is 3. The smallest absolute Gasteiger partial charge is 0.338 e. The van der Waals surface area contributed by atoms with E-state index in [0.717, 1.165) is 43.2 Å². The van der Waals surface area contributed by atoms with Crippen LogP contribution in [0.5, 0.6) is 0 Å². The third kappa shape index (κ3) is 5.39. The zero-order chi connectivity index (χ0) is 24.8. The van der Waals surface area contributed by atoms with Crippen molar-refractivity contribution in [3.8, 4) is 0 Å². The van der Waals surface area contributed by atoms with Crippen LogP contribution in [0.4, 0.5) is 10.5 Å². The lowest BCUT2D eigenvalue weighted by atomic mass is 9.91. The molecule has 1 aliphatic carbocycles. The van der Waals surface area contributed by atoms with Crippen molar-refractivity contribution in [1.29, 1.82) is 0 Å². The van der Waals surface area contributed by atoms with E-state index in [0.29, 0.717) is 23.5 Å². The average Bonchev–Trinajstić information content (AvgIpc) is 3.41. The molecule has 2 aromatic carbocycles. The second-order valence-electron chi connectivity index (χ2n) is 8.98. The summed E-state index contributed by atoms with van der Waals surface area (Å²) >= 11 is 0. The molecule has 35 heavy (non-hydrogen) atoms. The van der Waals surface area contributed by atoms with Crippen LogP contribution in [0.1, 0.15) is 63.1 Å². The molecule has 0 radical (unpaired) electrons. The standard InChI is InChI=1S/C28H33N3O4/c1-3-18-31-25(20-10-6-5-7-11-20)23(27(33)35-4-2)24(30-28(31)34)19-14-16-22(17-15-19)29-26(32)21-12-8-9-13-21/h5-7,10-11,14-17,21,24H,3-4,8-9,12-13,18H2,1-2H3,(H,29,32)(H,30,34). The average molecular weight is 476 g/mol. The van der Waals surface area contributed by atoms with E-state index >= 15 is 0 Å². The first-order valence-electron chi connectivity index (χ1n) is 12.5. The van der Waals surface area contributed by atoms with Gasteiger partial charge in [0, 0.05) is 18.2 Å². The predicted molar refractivity (Wildman–Crippen MR) is 135 cm³/mol. The Kier molecular flexibility index (Phi) is 7.85. The van der Waals surface area contributed by atoms with Crippen molar-refractivity contribution >= 4 is 29.3 Å². The van der Waals surface area contributed by atoms with Gasteiger partial charge in [-0.1, -0.05) is 62.2 Å². The quantitative estimate of drug-likeness (QED) is 0.510. The largest absolute Gasteiger partial charge is 0.463 e. The summed E-state index contributed by atoms with van der Waals surface area (Å²) in [5, 5.41) is 6.00. The van der Waals surface area contributed by atoms with E-state index in [4.69, 9.17) is 4.74 Å². The minimum absolute atomic E-state index is 0.0508. The summed E-state index contributed by atoms with van der Waals surface area (Å²) in [4.78, 5) is 40.6. The van der Waals surface area contributed by atoms with E-state index < -0.39 is 12.0 Å². The first-order chi connectivity index (χ1) is 17.0. The first kappa shape index (κ1) is 24.5. The fraction of sp³-hybridized carbons (Fsp3) is 0.393. The molecule has 0 aromatic heterocycles. The molecule has 0 spiro atoms. The molecule has 2 N–H and O–H groups in total. The van der Waals surface area contributed by atoms with Gasteiger partial charge in [0.2, 0.25) is 5.91 Å². The van der Waals surface area contributed by atoms with Gasteiger partial charge in [-0.25, -0.2) is 9.59 Å². The highest BCUT2D eigenvalue weighted by Crippen LogP contribution is 2.37. The fourth-order valence-corrected chi connectivity index (χ4v) is 4.87. The van der Waals surface area contributed by atoms with E-state index in [1.54, 1.807) is 11.8 Å². The molecule has 184 valence electrons. The summed E-state index contributed by atoms with van der Waals surface area (Å²) in [6.45, 7) is 4.45. The SMILES string of the molecule is CCCN1C(=O)NC(c2ccc(NC(=O)C3CCCC3)cc2)C(C(=O)OCC)=C1c1ccccc1. The molecule has 2 aliphatic rings. The van der Waals surface area contributed by atoms with Crippen molar-refractivity contribution < 1.29 is 19.1 Å². The molecule has 1 heterocycles. The number of rotatable bonds is 8. The van der Waals surface area contributed by atoms with Crippen LogP contribution in [0.2, 0.25) is 0 Å². The van der Waals surface area contributed by atoms with Crippen LogP contribution in [0.3, 0.4) is 0 Å². The second-order valence-corrected chi connectivity index (χ2v) is 8.98. The van der Waals surface area contributed by atoms with Gasteiger partial charge in [0.1, 0.15) is 0 Å². The molecule has 1 atom stereocenters. The van der Waals surface area contributed by atoms with Crippen molar-refractivity contribution in [2.24, 2.45) is 5.92 Å². The highest BCUT2D eigenvalue weighted by Gasteiger charge is 2.38. The van der Waals surface area contributed by atoms with Crippen LogP contribution in [0, 0.1) is 5.92 Å². The Hall–Kier alpha value is -3.61. The van der Waals surface area contributed by atoms with Gasteiger partial charge in [0.15, 0.2) is 0 Å². The summed E-state index contributed by atoms with van der Waals surface area (Å²) in [5.74, 6) is -0.338. The lowest BCUT2D eigenvalue weighted by Crippen LogP contribution is -2.48. The van der Waals surface area contributed by atoms with Crippen molar-refractivity contribution in [2.75, 3.05) is 18.5 Å². The topological polar surface area (TPSA) is 87.7 Å². The van der Waals surface area contributed by atoms with E-state index in [1.807, 2.05) is 61.5 Å². The zero-order valence-corrected chi connectivity index (χ0v) is 20.4. The van der Waals surface area contributed by atoms with E-state index in [-0.39, 0.29) is 24.5 Å². The van der Waals surface area contributed by atoms with Crippen molar-refractivity contribution in [2.45, 2.75) is 52.0 Å². The van der Waals surface area contributed by atoms with Crippen LogP contribution in [0.15, 0.2) is 60.2 Å². The van der Waals surface area contributed by atoms with Crippen LogP contribution in [-0.2, 0) is 14.3 Å². The highest BCUT2D eigenvalue weighted by molar-refractivity contribution is 6.04. The monoisotopic (exact) mass is 475 g/mol. The normalized spacial score (nSPS) is 18.4. The van der Waals surface area contributed by atoms with E-state index in [2.05, 4.69) is 10.6 Å². The number of carbonyl (C=O) groups excluding carboxylic acids is 3. The van der Waals surface area contributed by atoms with E-state index in [9.17, 15) is 14.4 Å². The van der Waals surface area contributed by atoms with Gasteiger partial charge in [-0.2, -0.15) is 0 Å².